The number of fused-ring (bicyclic) bond motifs is 3. The number of likely N-dealkylation sites (N-methyl/N-ethyl adjacent to an activating group) is 1. The lowest BCUT2D eigenvalue weighted by Crippen LogP contribution is -2.50. The van der Waals surface area contributed by atoms with Crippen LogP contribution in [0, 0.1) is 12.7 Å². The second-order valence-electron chi connectivity index (χ2n) is 14.2. The van der Waals surface area contributed by atoms with Gasteiger partial charge in [-0.15, -0.1) is 0 Å². The van der Waals surface area contributed by atoms with E-state index in [1.807, 2.05) is 48.0 Å². The Bertz CT molecular complexity index is 2150. The predicted octanol–water partition coefficient (Wildman–Crippen LogP) is 6.62. The van der Waals surface area contributed by atoms with Gasteiger partial charge >= 0.3 is 6.01 Å². The molecule has 3 aliphatic rings. The van der Waals surface area contributed by atoms with Gasteiger partial charge in [0.2, 0.25) is 0 Å². The SMILES string of the molecule is Cc1nccc(/C=C/C(O)N2CCC[C@@H](N(C)c3nc(OC[C@@]45CCCN4C[C@H](F)C5)nc4c(F)c(-c5cccc6cccc(Cl)c56)ncc34)C2)n1. The highest BCUT2D eigenvalue weighted by Gasteiger charge is 2.49. The van der Waals surface area contributed by atoms with E-state index >= 15 is 4.39 Å². The van der Waals surface area contributed by atoms with Crippen LogP contribution < -0.4 is 9.64 Å². The molecule has 13 heteroatoms. The summed E-state index contributed by atoms with van der Waals surface area (Å²) in [6, 6.07) is 12.9. The van der Waals surface area contributed by atoms with Crippen LogP contribution in [-0.4, -0.2) is 104 Å². The number of hydrogen-bond acceptors (Lipinski definition) is 10. The molecule has 8 rings (SSSR count). The second kappa shape index (κ2) is 14.2. The van der Waals surface area contributed by atoms with E-state index in [9.17, 15) is 9.50 Å². The molecule has 0 aliphatic carbocycles. The van der Waals surface area contributed by atoms with Crippen molar-refractivity contribution in [1.82, 2.24) is 34.7 Å². The van der Waals surface area contributed by atoms with Crippen molar-refractivity contribution in [3.63, 3.8) is 0 Å². The van der Waals surface area contributed by atoms with Crippen LogP contribution >= 0.6 is 11.6 Å². The number of benzene rings is 2. The molecule has 0 amide bonds. The molecule has 0 radical (unpaired) electrons. The molecule has 6 heterocycles. The van der Waals surface area contributed by atoms with Crippen LogP contribution in [0.2, 0.25) is 5.02 Å². The molecular formula is C39H41ClF2N8O2. The summed E-state index contributed by atoms with van der Waals surface area (Å²) in [6.07, 6.45) is 8.93. The monoisotopic (exact) mass is 726 g/mol. The lowest BCUT2D eigenvalue weighted by molar-refractivity contribution is 0.0228. The number of rotatable bonds is 9. The van der Waals surface area contributed by atoms with Gasteiger partial charge in [-0.2, -0.15) is 9.97 Å². The maximum absolute atomic E-state index is 16.9. The molecular weight excluding hydrogens is 686 g/mol. The van der Waals surface area contributed by atoms with Crippen LogP contribution in [0.4, 0.5) is 14.6 Å². The Labute approximate surface area is 306 Å². The molecule has 3 aliphatic heterocycles. The van der Waals surface area contributed by atoms with E-state index in [2.05, 4.69) is 24.8 Å². The maximum Gasteiger partial charge on any atom is 0.319 e. The molecule has 1 unspecified atom stereocenters. The van der Waals surface area contributed by atoms with Crippen LogP contribution in [0.25, 0.3) is 39.0 Å². The molecule has 3 aromatic heterocycles. The Morgan fingerprint density at radius 1 is 1.10 bits per heavy atom. The number of ether oxygens (including phenoxy) is 1. The average molecular weight is 727 g/mol. The van der Waals surface area contributed by atoms with Crippen LogP contribution in [0.3, 0.4) is 0 Å². The number of nitrogens with zero attached hydrogens (tertiary/aromatic N) is 8. The zero-order chi connectivity index (χ0) is 36.0. The molecule has 2 aromatic carbocycles. The van der Waals surface area contributed by atoms with E-state index < -0.39 is 23.8 Å². The first-order valence-electron chi connectivity index (χ1n) is 17.9. The lowest BCUT2D eigenvalue weighted by Gasteiger charge is -2.39. The van der Waals surface area contributed by atoms with Crippen LogP contribution in [0.15, 0.2) is 60.9 Å². The molecule has 0 spiro atoms. The van der Waals surface area contributed by atoms with E-state index in [4.69, 9.17) is 21.3 Å². The zero-order valence-corrected chi connectivity index (χ0v) is 30.0. The Balaban J connectivity index is 1.15. The number of aryl methyl sites for hydroxylation is 1. The number of halogens is 3. The second-order valence-corrected chi connectivity index (χ2v) is 14.6. The van der Waals surface area contributed by atoms with Gasteiger partial charge in [-0.3, -0.25) is 14.8 Å². The maximum atomic E-state index is 16.9. The predicted molar refractivity (Wildman–Crippen MR) is 199 cm³/mol. The molecule has 10 nitrogen and oxygen atoms in total. The summed E-state index contributed by atoms with van der Waals surface area (Å²) in [5, 5.41) is 13.7. The summed E-state index contributed by atoms with van der Waals surface area (Å²) in [6.45, 7) is 4.49. The van der Waals surface area contributed by atoms with Crippen molar-refractivity contribution in [3.05, 3.63) is 83.3 Å². The van der Waals surface area contributed by atoms with Crippen LogP contribution in [-0.2, 0) is 0 Å². The first-order chi connectivity index (χ1) is 25.2. The number of pyridine rings is 1. The summed E-state index contributed by atoms with van der Waals surface area (Å²) in [5.41, 5.74) is 1.05. The molecule has 4 atom stereocenters. The fourth-order valence-electron chi connectivity index (χ4n) is 8.27. The zero-order valence-electron chi connectivity index (χ0n) is 29.2. The van der Waals surface area contributed by atoms with Crippen molar-refractivity contribution in [2.75, 3.05) is 44.7 Å². The molecule has 1 N–H and O–H groups in total. The molecule has 270 valence electrons. The summed E-state index contributed by atoms with van der Waals surface area (Å²) in [5.74, 6) is 0.520. The van der Waals surface area contributed by atoms with Crippen molar-refractivity contribution in [3.8, 4) is 17.3 Å². The third-order valence-corrected chi connectivity index (χ3v) is 11.2. The Morgan fingerprint density at radius 3 is 2.79 bits per heavy atom. The van der Waals surface area contributed by atoms with Gasteiger partial charge < -0.3 is 14.7 Å². The van der Waals surface area contributed by atoms with Gasteiger partial charge in [0.1, 0.15) is 41.9 Å². The normalized spacial score (nSPS) is 23.1. The lowest BCUT2D eigenvalue weighted by atomic mass is 9.95. The number of aromatic nitrogens is 5. The van der Waals surface area contributed by atoms with E-state index in [-0.39, 0.29) is 29.9 Å². The van der Waals surface area contributed by atoms with Gasteiger partial charge in [0, 0.05) is 67.5 Å². The van der Waals surface area contributed by atoms with Crippen molar-refractivity contribution in [1.29, 1.82) is 0 Å². The molecule has 5 aromatic rings. The molecule has 0 bridgehead atoms. The quantitative estimate of drug-likeness (QED) is 0.178. The van der Waals surface area contributed by atoms with Crippen molar-refractivity contribution >= 4 is 45.2 Å². The number of piperidine rings is 1. The summed E-state index contributed by atoms with van der Waals surface area (Å²) in [7, 11) is 1.92. The van der Waals surface area contributed by atoms with Gasteiger partial charge in [-0.1, -0.05) is 41.9 Å². The minimum Gasteiger partial charge on any atom is -0.461 e. The van der Waals surface area contributed by atoms with Crippen molar-refractivity contribution < 1.29 is 18.6 Å². The number of alkyl halides is 1. The van der Waals surface area contributed by atoms with Crippen molar-refractivity contribution in [2.45, 2.75) is 63.0 Å². The Morgan fingerprint density at radius 2 is 1.94 bits per heavy atom. The third kappa shape index (κ3) is 6.57. The minimum atomic E-state index is -0.911. The van der Waals surface area contributed by atoms with Gasteiger partial charge in [0.25, 0.3) is 0 Å². The fourth-order valence-corrected chi connectivity index (χ4v) is 8.55. The molecule has 3 saturated heterocycles. The van der Waals surface area contributed by atoms with Gasteiger partial charge in [0.15, 0.2) is 5.82 Å². The summed E-state index contributed by atoms with van der Waals surface area (Å²) < 4.78 is 37.8. The number of likely N-dealkylation sites (tertiary alicyclic amines) is 1. The van der Waals surface area contributed by atoms with E-state index in [0.717, 1.165) is 43.3 Å². The molecule has 3 fully saturated rings. The average Bonchev–Trinajstić information content (AvgIpc) is 3.68. The first kappa shape index (κ1) is 34.7. The van der Waals surface area contributed by atoms with Gasteiger partial charge in [0.05, 0.1) is 16.6 Å². The first-order valence-corrected chi connectivity index (χ1v) is 18.3. The number of anilines is 1. The minimum absolute atomic E-state index is 0.0284. The van der Waals surface area contributed by atoms with Gasteiger partial charge in [-0.25, -0.2) is 18.7 Å². The Hall–Kier alpha value is -4.36. The summed E-state index contributed by atoms with van der Waals surface area (Å²) >= 11 is 6.64. The highest BCUT2D eigenvalue weighted by molar-refractivity contribution is 6.36. The number of aliphatic hydroxyl groups is 1. The van der Waals surface area contributed by atoms with E-state index in [0.29, 0.717) is 59.1 Å². The highest BCUT2D eigenvalue weighted by Crippen LogP contribution is 2.41. The van der Waals surface area contributed by atoms with E-state index in [1.165, 1.54) is 0 Å². The third-order valence-electron chi connectivity index (χ3n) is 10.9. The van der Waals surface area contributed by atoms with Crippen LogP contribution in [0.1, 0.15) is 43.6 Å². The number of aliphatic hydroxyl groups excluding tert-OH is 1. The Kier molecular flexibility index (Phi) is 9.50. The highest BCUT2D eigenvalue weighted by atomic mass is 35.5. The van der Waals surface area contributed by atoms with Crippen molar-refractivity contribution in [2.24, 2.45) is 0 Å². The van der Waals surface area contributed by atoms with Gasteiger partial charge in [-0.05, 0) is 68.8 Å². The fraction of sp³-hybridized carbons (Fsp3) is 0.410. The van der Waals surface area contributed by atoms with E-state index in [1.54, 1.807) is 42.7 Å². The molecule has 0 saturated carbocycles. The largest absolute Gasteiger partial charge is 0.461 e. The summed E-state index contributed by atoms with van der Waals surface area (Å²) in [4.78, 5) is 28.9. The van der Waals surface area contributed by atoms with Crippen LogP contribution in [0.5, 0.6) is 6.01 Å². The topological polar surface area (TPSA) is 104 Å². The number of hydrogen-bond donors (Lipinski definition) is 1. The standard InChI is InChI=1S/C39H41ClF2N8O2/c1-24-43-16-14-27(45-24)12-13-32(51)49-17-5-9-28(22-49)48(2)37-30-20-44-35(29-10-3-7-25-8-4-11-31(40)33(25)29)34(42)36(30)46-38(47-37)52-23-39-15-6-18-50(39)21-26(41)19-39/h3-4,7-8,10-14,16,20,26,28,32,51H,5-6,9,15,17-19,21-23H2,1-2H3/b13-12+/t26-,28-,32?,39+/m1/s1. The molecule has 52 heavy (non-hydrogen) atoms. The smallest absolute Gasteiger partial charge is 0.319 e.